The lowest BCUT2D eigenvalue weighted by Crippen LogP contribution is -2.12. The van der Waals surface area contributed by atoms with Crippen LogP contribution >= 0.6 is 0 Å². The van der Waals surface area contributed by atoms with Crippen LogP contribution in [0.25, 0.3) is 10.9 Å². The van der Waals surface area contributed by atoms with Gasteiger partial charge in [-0.25, -0.2) is 0 Å². The van der Waals surface area contributed by atoms with E-state index in [1.165, 1.54) is 35.2 Å². The lowest BCUT2D eigenvalue weighted by Gasteiger charge is -2.21. The number of benzene rings is 1. The predicted octanol–water partition coefficient (Wildman–Crippen LogP) is 3.69. The molecule has 0 unspecified atom stereocenters. The van der Waals surface area contributed by atoms with Crippen LogP contribution in [-0.2, 0) is 12.8 Å². The number of nitrogens with one attached hydrogen (secondary N) is 1. The molecule has 2 N–H and O–H groups in total. The average Bonchev–Trinajstić information content (AvgIpc) is 2.53. The van der Waals surface area contributed by atoms with E-state index in [4.69, 9.17) is 10.1 Å². The molecule has 0 saturated heterocycles. The first-order valence-electron chi connectivity index (χ1n) is 8.15. The highest BCUT2D eigenvalue weighted by Gasteiger charge is 2.17. The second-order valence-corrected chi connectivity index (χ2v) is 5.85. The molecule has 0 bridgehead atoms. The molecule has 0 atom stereocenters. The molecule has 3 rings (SSSR count). The molecule has 1 aliphatic rings. The summed E-state index contributed by atoms with van der Waals surface area (Å²) in [5.41, 5.74) is 5.13. The molecule has 3 nitrogen and oxygen atoms in total. The van der Waals surface area contributed by atoms with Crippen LogP contribution in [0.15, 0.2) is 24.3 Å². The number of hydrogen-bond acceptors (Lipinski definition) is 3. The summed E-state index contributed by atoms with van der Waals surface area (Å²) in [7, 11) is 0. The Balaban J connectivity index is 1.87. The number of hydrogen-bond donors (Lipinski definition) is 2. The van der Waals surface area contributed by atoms with Gasteiger partial charge in [0.2, 0.25) is 0 Å². The summed E-state index contributed by atoms with van der Waals surface area (Å²) in [4.78, 5) is 4.86. The summed E-state index contributed by atoms with van der Waals surface area (Å²) in [6.07, 6.45) is 7.86. The summed E-state index contributed by atoms with van der Waals surface area (Å²) in [5.74, 6) is 0. The fourth-order valence-electron chi connectivity index (χ4n) is 3.20. The van der Waals surface area contributed by atoms with Gasteiger partial charge in [-0.15, -0.1) is 0 Å². The molecule has 21 heavy (non-hydrogen) atoms. The number of aliphatic hydroxyl groups is 1. The molecular weight excluding hydrogens is 260 g/mol. The van der Waals surface area contributed by atoms with E-state index < -0.39 is 0 Å². The molecule has 3 heteroatoms. The minimum atomic E-state index is 0.299. The molecule has 2 aromatic rings. The number of nitrogens with zero attached hydrogens (tertiary/aromatic N) is 1. The maximum absolute atomic E-state index is 8.85. The van der Waals surface area contributed by atoms with Crippen molar-refractivity contribution in [2.45, 2.75) is 44.9 Å². The summed E-state index contributed by atoms with van der Waals surface area (Å²) >= 11 is 0. The Morgan fingerprint density at radius 1 is 1.05 bits per heavy atom. The Bertz CT molecular complexity index is 609. The van der Waals surface area contributed by atoms with Gasteiger partial charge in [0.15, 0.2) is 0 Å². The Hall–Kier alpha value is -1.61. The second-order valence-electron chi connectivity index (χ2n) is 5.85. The topological polar surface area (TPSA) is 45.1 Å². The maximum Gasteiger partial charge on any atom is 0.0726 e. The second kappa shape index (κ2) is 6.90. The van der Waals surface area contributed by atoms with E-state index in [2.05, 4.69) is 29.6 Å². The summed E-state index contributed by atoms with van der Waals surface area (Å²) in [6.45, 7) is 1.27. The van der Waals surface area contributed by atoms with Crippen LogP contribution in [-0.4, -0.2) is 23.2 Å². The smallest absolute Gasteiger partial charge is 0.0726 e. The van der Waals surface area contributed by atoms with Crippen LogP contribution in [0.2, 0.25) is 0 Å². The van der Waals surface area contributed by atoms with E-state index in [0.717, 1.165) is 44.2 Å². The number of unbranched alkanes of at least 4 members (excludes halogenated alkanes) is 2. The third kappa shape index (κ3) is 3.18. The average molecular weight is 284 g/mol. The van der Waals surface area contributed by atoms with Gasteiger partial charge in [0.25, 0.3) is 0 Å². The van der Waals surface area contributed by atoms with E-state index in [1.54, 1.807) is 0 Å². The monoisotopic (exact) mass is 284 g/mol. The first-order chi connectivity index (χ1) is 10.4. The van der Waals surface area contributed by atoms with Crippen molar-refractivity contribution in [1.82, 2.24) is 4.98 Å². The molecule has 0 saturated carbocycles. The number of aromatic nitrogens is 1. The number of fused-ring (bicyclic) bond motifs is 2. The number of anilines is 1. The Kier molecular flexibility index (Phi) is 4.71. The van der Waals surface area contributed by atoms with E-state index in [1.807, 2.05) is 0 Å². The van der Waals surface area contributed by atoms with Crippen molar-refractivity contribution in [3.63, 3.8) is 0 Å². The fourth-order valence-corrected chi connectivity index (χ4v) is 3.20. The fraction of sp³-hybridized carbons (Fsp3) is 0.500. The van der Waals surface area contributed by atoms with Gasteiger partial charge in [0, 0.05) is 29.9 Å². The van der Waals surface area contributed by atoms with Gasteiger partial charge in [-0.3, -0.25) is 4.98 Å². The largest absolute Gasteiger partial charge is 0.396 e. The summed E-state index contributed by atoms with van der Waals surface area (Å²) in [5, 5.41) is 13.8. The lowest BCUT2D eigenvalue weighted by atomic mass is 9.92. The SMILES string of the molecule is OCCCCCNc1c2c(nc3ccccc13)CCCC2. The van der Waals surface area contributed by atoms with Crippen molar-refractivity contribution in [3.8, 4) is 0 Å². The molecule has 0 fully saturated rings. The van der Waals surface area contributed by atoms with Crippen LogP contribution in [0.3, 0.4) is 0 Å². The van der Waals surface area contributed by atoms with Crippen LogP contribution in [0.4, 0.5) is 5.69 Å². The number of para-hydroxylation sites is 1. The maximum atomic E-state index is 8.85. The quantitative estimate of drug-likeness (QED) is 0.795. The number of aliphatic hydroxyl groups excluding tert-OH is 1. The highest BCUT2D eigenvalue weighted by atomic mass is 16.2. The number of aryl methyl sites for hydroxylation is 1. The van der Waals surface area contributed by atoms with Crippen LogP contribution in [0.1, 0.15) is 43.4 Å². The molecule has 0 radical (unpaired) electrons. The molecule has 1 aliphatic carbocycles. The molecule has 1 heterocycles. The normalized spacial score (nSPS) is 14.1. The van der Waals surface area contributed by atoms with E-state index in [0.29, 0.717) is 6.61 Å². The van der Waals surface area contributed by atoms with Gasteiger partial charge >= 0.3 is 0 Å². The number of pyridine rings is 1. The van der Waals surface area contributed by atoms with Crippen molar-refractivity contribution in [1.29, 1.82) is 0 Å². The van der Waals surface area contributed by atoms with Gasteiger partial charge in [0.05, 0.1) is 5.52 Å². The van der Waals surface area contributed by atoms with Crippen LogP contribution in [0, 0.1) is 0 Å². The standard InChI is InChI=1S/C18H24N2O/c21-13-7-1-6-12-19-18-14-8-2-4-10-16(14)20-17-11-5-3-9-15(17)18/h2,4,8,10,21H,1,3,5-7,9,11-13H2,(H,19,20). The van der Waals surface area contributed by atoms with Crippen molar-refractivity contribution >= 4 is 16.6 Å². The van der Waals surface area contributed by atoms with Crippen molar-refractivity contribution < 1.29 is 5.11 Å². The minimum absolute atomic E-state index is 0.299. The summed E-state index contributed by atoms with van der Waals surface area (Å²) in [6, 6.07) is 8.44. The lowest BCUT2D eigenvalue weighted by molar-refractivity contribution is 0.283. The van der Waals surface area contributed by atoms with Crippen molar-refractivity contribution in [2.75, 3.05) is 18.5 Å². The number of rotatable bonds is 6. The predicted molar refractivity (Wildman–Crippen MR) is 87.8 cm³/mol. The minimum Gasteiger partial charge on any atom is -0.396 e. The highest BCUT2D eigenvalue weighted by Crippen LogP contribution is 2.33. The Morgan fingerprint density at radius 3 is 2.81 bits per heavy atom. The first kappa shape index (κ1) is 14.3. The zero-order valence-electron chi connectivity index (χ0n) is 12.6. The third-order valence-electron chi connectivity index (χ3n) is 4.31. The summed E-state index contributed by atoms with van der Waals surface area (Å²) < 4.78 is 0. The van der Waals surface area contributed by atoms with E-state index >= 15 is 0 Å². The molecule has 0 amide bonds. The third-order valence-corrected chi connectivity index (χ3v) is 4.31. The van der Waals surface area contributed by atoms with Crippen molar-refractivity contribution in [3.05, 3.63) is 35.5 Å². The zero-order chi connectivity index (χ0) is 14.5. The van der Waals surface area contributed by atoms with Gasteiger partial charge < -0.3 is 10.4 Å². The van der Waals surface area contributed by atoms with E-state index in [-0.39, 0.29) is 0 Å². The van der Waals surface area contributed by atoms with Gasteiger partial charge in [-0.05, 0) is 56.6 Å². The molecule has 0 spiro atoms. The molecule has 1 aromatic heterocycles. The molecule has 1 aromatic carbocycles. The molecule has 0 aliphatic heterocycles. The van der Waals surface area contributed by atoms with E-state index in [9.17, 15) is 0 Å². The zero-order valence-corrected chi connectivity index (χ0v) is 12.6. The van der Waals surface area contributed by atoms with Gasteiger partial charge in [-0.1, -0.05) is 18.2 Å². The first-order valence-corrected chi connectivity index (χ1v) is 8.15. The Labute approximate surface area is 126 Å². The van der Waals surface area contributed by atoms with Crippen molar-refractivity contribution in [2.24, 2.45) is 0 Å². The van der Waals surface area contributed by atoms with Gasteiger partial charge in [-0.2, -0.15) is 0 Å². The van der Waals surface area contributed by atoms with Crippen LogP contribution < -0.4 is 5.32 Å². The van der Waals surface area contributed by atoms with Crippen LogP contribution in [0.5, 0.6) is 0 Å². The van der Waals surface area contributed by atoms with Gasteiger partial charge in [0.1, 0.15) is 0 Å². The highest BCUT2D eigenvalue weighted by molar-refractivity contribution is 5.93. The molecular formula is C18H24N2O. The Morgan fingerprint density at radius 2 is 1.90 bits per heavy atom. The molecule has 112 valence electrons.